The van der Waals surface area contributed by atoms with Crippen LogP contribution in [0, 0.1) is 23.7 Å². The summed E-state index contributed by atoms with van der Waals surface area (Å²) < 4.78 is 28.9. The zero-order chi connectivity index (χ0) is 35.2. The number of esters is 2. The first-order valence-electron chi connectivity index (χ1n) is 16.9. The van der Waals surface area contributed by atoms with E-state index in [1.807, 2.05) is 53.7 Å². The Bertz CT molecular complexity index is 1490. The van der Waals surface area contributed by atoms with Gasteiger partial charge in [0, 0.05) is 18.1 Å². The number of carbonyl (C=O) groups excluding carboxylic acids is 3. The SMILES string of the molecule is CC(C)COC(=O)CCc1cc(C(=O)c2ccc(OCC(C)C)cc2OCC(C)C)ccc1OCc1ccc(C(=O)OCC(C)C)cc1. The predicted molar refractivity (Wildman–Crippen MR) is 187 cm³/mol. The Morgan fingerprint density at radius 2 is 1.19 bits per heavy atom. The summed E-state index contributed by atoms with van der Waals surface area (Å²) in [6, 6.07) is 17.6. The zero-order valence-electron chi connectivity index (χ0n) is 29.8. The Kier molecular flexibility index (Phi) is 15.0. The summed E-state index contributed by atoms with van der Waals surface area (Å²) in [5.74, 6) is 1.88. The molecule has 3 aromatic carbocycles. The molecule has 0 amide bonds. The van der Waals surface area contributed by atoms with E-state index in [0.717, 1.165) is 5.56 Å². The fraction of sp³-hybridized carbons (Fsp3) is 0.475. The second kappa shape index (κ2) is 18.9. The number of benzene rings is 3. The van der Waals surface area contributed by atoms with Gasteiger partial charge in [0.1, 0.15) is 23.9 Å². The minimum Gasteiger partial charge on any atom is -0.493 e. The smallest absolute Gasteiger partial charge is 0.338 e. The van der Waals surface area contributed by atoms with Crippen LogP contribution in [0.5, 0.6) is 17.2 Å². The molecule has 0 aliphatic heterocycles. The van der Waals surface area contributed by atoms with E-state index in [4.69, 9.17) is 23.7 Å². The normalized spacial score (nSPS) is 11.2. The van der Waals surface area contributed by atoms with Gasteiger partial charge < -0.3 is 23.7 Å². The van der Waals surface area contributed by atoms with Gasteiger partial charge in [0.05, 0.1) is 37.6 Å². The molecule has 3 rings (SSSR count). The highest BCUT2D eigenvalue weighted by molar-refractivity contribution is 6.11. The van der Waals surface area contributed by atoms with Gasteiger partial charge in [-0.3, -0.25) is 9.59 Å². The van der Waals surface area contributed by atoms with Crippen molar-refractivity contribution in [3.05, 3.63) is 88.5 Å². The van der Waals surface area contributed by atoms with Crippen molar-refractivity contribution in [1.82, 2.24) is 0 Å². The van der Waals surface area contributed by atoms with Gasteiger partial charge in [-0.15, -0.1) is 0 Å². The van der Waals surface area contributed by atoms with Crippen molar-refractivity contribution < 1.29 is 38.1 Å². The standard InChI is InChI=1S/C40H52O8/c1-26(2)21-44-34-15-16-35(37(20-34)45-22-27(3)4)39(42)33-13-17-36(32(19-33)14-18-38(41)47-23-28(5)6)46-25-30-9-11-31(12-10-30)40(43)48-24-29(7)8/h9-13,15-17,19-20,26-29H,14,18,21-25H2,1-8H3. The van der Waals surface area contributed by atoms with Crippen LogP contribution in [0.15, 0.2) is 60.7 Å². The van der Waals surface area contributed by atoms with Crippen molar-refractivity contribution in [2.75, 3.05) is 26.4 Å². The molecule has 0 aliphatic carbocycles. The van der Waals surface area contributed by atoms with E-state index in [1.54, 1.807) is 48.5 Å². The molecule has 0 bridgehead atoms. The van der Waals surface area contributed by atoms with Gasteiger partial charge in [-0.25, -0.2) is 4.79 Å². The highest BCUT2D eigenvalue weighted by Crippen LogP contribution is 2.30. The number of carbonyl (C=O) groups is 3. The summed E-state index contributed by atoms with van der Waals surface area (Å²) in [5.41, 5.74) is 2.90. The van der Waals surface area contributed by atoms with Crippen LogP contribution >= 0.6 is 0 Å². The molecule has 0 fully saturated rings. The molecule has 0 N–H and O–H groups in total. The van der Waals surface area contributed by atoms with Gasteiger partial charge in [0.15, 0.2) is 5.78 Å². The molecule has 0 unspecified atom stereocenters. The molecule has 0 atom stereocenters. The molecular weight excluding hydrogens is 608 g/mol. The maximum absolute atomic E-state index is 13.9. The molecule has 0 aromatic heterocycles. The van der Waals surface area contributed by atoms with Crippen LogP contribution in [0.4, 0.5) is 0 Å². The van der Waals surface area contributed by atoms with Crippen molar-refractivity contribution in [2.24, 2.45) is 23.7 Å². The molecule has 0 aliphatic rings. The van der Waals surface area contributed by atoms with Crippen molar-refractivity contribution in [2.45, 2.75) is 74.8 Å². The lowest BCUT2D eigenvalue weighted by atomic mass is 9.98. The summed E-state index contributed by atoms with van der Waals surface area (Å²) in [6.45, 7) is 18.1. The molecule has 8 nitrogen and oxygen atoms in total. The maximum Gasteiger partial charge on any atom is 0.338 e. The summed E-state index contributed by atoms with van der Waals surface area (Å²) in [7, 11) is 0. The van der Waals surface area contributed by atoms with E-state index >= 15 is 0 Å². The summed E-state index contributed by atoms with van der Waals surface area (Å²) in [4.78, 5) is 38.8. The van der Waals surface area contributed by atoms with Gasteiger partial charge in [0.25, 0.3) is 0 Å². The number of ketones is 1. The first-order chi connectivity index (χ1) is 22.8. The molecule has 0 radical (unpaired) electrons. The summed E-state index contributed by atoms with van der Waals surface area (Å²) in [5, 5.41) is 0. The summed E-state index contributed by atoms with van der Waals surface area (Å²) in [6.07, 6.45) is 0.464. The fourth-order valence-corrected chi connectivity index (χ4v) is 4.42. The van der Waals surface area contributed by atoms with E-state index in [-0.39, 0.29) is 48.5 Å². The molecule has 0 saturated heterocycles. The minimum atomic E-state index is -0.362. The summed E-state index contributed by atoms with van der Waals surface area (Å²) >= 11 is 0. The van der Waals surface area contributed by atoms with E-state index in [0.29, 0.717) is 78.3 Å². The second-order valence-corrected chi connectivity index (χ2v) is 13.8. The third-order valence-electron chi connectivity index (χ3n) is 6.98. The molecule has 48 heavy (non-hydrogen) atoms. The topological polar surface area (TPSA) is 97.4 Å². The van der Waals surface area contributed by atoms with E-state index < -0.39 is 0 Å². The Hall–Kier alpha value is -4.33. The lowest BCUT2D eigenvalue weighted by molar-refractivity contribution is -0.144. The van der Waals surface area contributed by atoms with Crippen molar-refractivity contribution in [3.63, 3.8) is 0 Å². The second-order valence-electron chi connectivity index (χ2n) is 13.8. The van der Waals surface area contributed by atoms with E-state index in [1.165, 1.54) is 0 Å². The Balaban J connectivity index is 1.85. The van der Waals surface area contributed by atoms with Crippen LogP contribution in [0.25, 0.3) is 0 Å². The molecule has 8 heteroatoms. The average molecular weight is 661 g/mol. The van der Waals surface area contributed by atoms with Crippen LogP contribution in [0.1, 0.15) is 99.2 Å². The molecule has 0 spiro atoms. The lowest BCUT2D eigenvalue weighted by Crippen LogP contribution is -2.12. The van der Waals surface area contributed by atoms with E-state index in [2.05, 4.69) is 13.8 Å². The zero-order valence-corrected chi connectivity index (χ0v) is 29.8. The average Bonchev–Trinajstić information content (AvgIpc) is 3.05. The largest absolute Gasteiger partial charge is 0.493 e. The van der Waals surface area contributed by atoms with Gasteiger partial charge in [-0.1, -0.05) is 67.5 Å². The monoisotopic (exact) mass is 660 g/mol. The third-order valence-corrected chi connectivity index (χ3v) is 6.98. The van der Waals surface area contributed by atoms with Gasteiger partial charge >= 0.3 is 11.9 Å². The van der Waals surface area contributed by atoms with Crippen molar-refractivity contribution in [1.29, 1.82) is 0 Å². The number of hydrogen-bond acceptors (Lipinski definition) is 8. The number of aryl methyl sites for hydroxylation is 1. The van der Waals surface area contributed by atoms with Crippen LogP contribution < -0.4 is 14.2 Å². The maximum atomic E-state index is 13.9. The van der Waals surface area contributed by atoms with Crippen LogP contribution in [0.3, 0.4) is 0 Å². The van der Waals surface area contributed by atoms with Gasteiger partial charge in [0.2, 0.25) is 0 Å². The van der Waals surface area contributed by atoms with Crippen LogP contribution in [-0.2, 0) is 27.3 Å². The first kappa shape index (κ1) is 38.1. The molecule has 3 aromatic rings. The van der Waals surface area contributed by atoms with Crippen LogP contribution in [0.2, 0.25) is 0 Å². The number of hydrogen-bond donors (Lipinski definition) is 0. The van der Waals surface area contributed by atoms with Crippen LogP contribution in [-0.4, -0.2) is 44.1 Å². The highest BCUT2D eigenvalue weighted by Gasteiger charge is 2.20. The van der Waals surface area contributed by atoms with Crippen molar-refractivity contribution >= 4 is 17.7 Å². The Morgan fingerprint density at radius 1 is 0.583 bits per heavy atom. The fourth-order valence-electron chi connectivity index (χ4n) is 4.42. The predicted octanol–water partition coefficient (Wildman–Crippen LogP) is 8.51. The quantitative estimate of drug-likeness (QED) is 0.0933. The lowest BCUT2D eigenvalue weighted by Gasteiger charge is -2.17. The molecule has 260 valence electrons. The number of rotatable bonds is 19. The first-order valence-corrected chi connectivity index (χ1v) is 16.9. The molecular formula is C40H52O8. The van der Waals surface area contributed by atoms with Gasteiger partial charge in [-0.05, 0) is 83.7 Å². The molecule has 0 saturated carbocycles. The minimum absolute atomic E-state index is 0.137. The highest BCUT2D eigenvalue weighted by atomic mass is 16.5. The Labute approximate surface area is 286 Å². The third kappa shape index (κ3) is 12.7. The Morgan fingerprint density at radius 3 is 1.83 bits per heavy atom. The molecule has 0 heterocycles. The van der Waals surface area contributed by atoms with Crippen molar-refractivity contribution in [3.8, 4) is 17.2 Å². The van der Waals surface area contributed by atoms with Gasteiger partial charge in [-0.2, -0.15) is 0 Å². The number of ether oxygens (including phenoxy) is 5. The van der Waals surface area contributed by atoms with E-state index in [9.17, 15) is 14.4 Å².